The molecule has 0 amide bonds. The summed E-state index contributed by atoms with van der Waals surface area (Å²) in [5.41, 5.74) is -2.06. The summed E-state index contributed by atoms with van der Waals surface area (Å²) in [7, 11) is 1.33. The fourth-order valence-corrected chi connectivity index (χ4v) is 3.99. The first kappa shape index (κ1) is 21.5. The lowest BCUT2D eigenvalue weighted by Crippen LogP contribution is -2.33. The molecule has 0 aliphatic rings. The Hall–Kier alpha value is -3.78. The number of hydrogen-bond acceptors (Lipinski definition) is 4. The third-order valence-electron chi connectivity index (χ3n) is 5.48. The number of imidazole rings is 1. The largest absolute Gasteiger partial charge is 0.496 e. The number of ether oxygens (including phenoxy) is 1. The zero-order valence-corrected chi connectivity index (χ0v) is 17.3. The molecule has 2 aromatic carbocycles. The molecule has 0 fully saturated rings. The molecule has 0 aliphatic carbocycles. The number of aromatic carboxylic acids is 1. The molecular formula is C24H20F2N2O4. The number of aryl methyl sites for hydroxylation is 1. The van der Waals surface area contributed by atoms with E-state index in [2.05, 4.69) is 4.98 Å². The number of halogens is 2. The standard InChI is InChI=1S/C24H20F2N2O4/c1-3-19-22(27-21-12-20(32-2)14(23(29)30)13-28(19)21)24(31,15-8-4-6-10-17(15)25)16-9-5-7-11-18(16)26/h4-13,31H,3H2,1-2H3,(H,29,30). The van der Waals surface area contributed by atoms with E-state index in [0.29, 0.717) is 12.1 Å². The van der Waals surface area contributed by atoms with E-state index in [0.717, 1.165) is 0 Å². The van der Waals surface area contributed by atoms with Gasteiger partial charge in [0, 0.05) is 29.1 Å². The molecule has 2 aromatic heterocycles. The summed E-state index contributed by atoms with van der Waals surface area (Å²) < 4.78 is 36.6. The Morgan fingerprint density at radius 2 is 1.66 bits per heavy atom. The lowest BCUT2D eigenvalue weighted by atomic mass is 9.81. The first-order chi connectivity index (χ1) is 15.3. The van der Waals surface area contributed by atoms with E-state index in [1.165, 1.54) is 72.3 Å². The summed E-state index contributed by atoms with van der Waals surface area (Å²) in [6.45, 7) is 1.78. The van der Waals surface area contributed by atoms with Gasteiger partial charge in [-0.15, -0.1) is 0 Å². The number of carbonyl (C=O) groups is 1. The van der Waals surface area contributed by atoms with Crippen molar-refractivity contribution in [2.24, 2.45) is 0 Å². The molecule has 0 saturated heterocycles. The average Bonchev–Trinajstić information content (AvgIpc) is 3.16. The number of aromatic nitrogens is 2. The van der Waals surface area contributed by atoms with E-state index < -0.39 is 23.2 Å². The first-order valence-corrected chi connectivity index (χ1v) is 9.88. The molecule has 4 aromatic rings. The molecule has 0 spiro atoms. The van der Waals surface area contributed by atoms with Crippen molar-refractivity contribution in [3.8, 4) is 5.75 Å². The van der Waals surface area contributed by atoms with Crippen molar-refractivity contribution in [3.63, 3.8) is 0 Å². The van der Waals surface area contributed by atoms with Gasteiger partial charge in [0.1, 0.15) is 34.3 Å². The molecule has 2 N–H and O–H groups in total. The second-order valence-electron chi connectivity index (χ2n) is 7.22. The van der Waals surface area contributed by atoms with Crippen LogP contribution in [0.3, 0.4) is 0 Å². The fourth-order valence-electron chi connectivity index (χ4n) is 3.99. The molecule has 164 valence electrons. The van der Waals surface area contributed by atoms with Crippen molar-refractivity contribution in [2.45, 2.75) is 18.9 Å². The number of nitrogens with zero attached hydrogens (tertiary/aromatic N) is 2. The predicted molar refractivity (Wildman–Crippen MR) is 113 cm³/mol. The Morgan fingerprint density at radius 1 is 1.09 bits per heavy atom. The van der Waals surface area contributed by atoms with Crippen molar-refractivity contribution < 1.29 is 28.5 Å². The second kappa shape index (κ2) is 8.05. The van der Waals surface area contributed by atoms with E-state index in [9.17, 15) is 23.8 Å². The summed E-state index contributed by atoms with van der Waals surface area (Å²) in [6, 6.07) is 12.5. The minimum Gasteiger partial charge on any atom is -0.496 e. The van der Waals surface area contributed by atoms with Gasteiger partial charge in [-0.2, -0.15) is 0 Å². The van der Waals surface area contributed by atoms with E-state index >= 15 is 0 Å². The van der Waals surface area contributed by atoms with Gasteiger partial charge in [0.25, 0.3) is 0 Å². The van der Waals surface area contributed by atoms with Crippen LogP contribution < -0.4 is 4.74 Å². The predicted octanol–water partition coefficient (Wildman–Crippen LogP) is 4.17. The summed E-state index contributed by atoms with van der Waals surface area (Å²) in [5.74, 6) is -2.61. The molecule has 6 nitrogen and oxygen atoms in total. The molecule has 32 heavy (non-hydrogen) atoms. The smallest absolute Gasteiger partial charge is 0.341 e. The van der Waals surface area contributed by atoms with Crippen molar-refractivity contribution in [1.82, 2.24) is 9.38 Å². The van der Waals surface area contributed by atoms with Crippen LogP contribution in [0.1, 0.15) is 39.8 Å². The van der Waals surface area contributed by atoms with Gasteiger partial charge >= 0.3 is 5.97 Å². The van der Waals surface area contributed by atoms with Crippen LogP contribution in [0.4, 0.5) is 8.78 Å². The lowest BCUT2D eigenvalue weighted by molar-refractivity contribution is 0.0692. The molecule has 0 bridgehead atoms. The van der Waals surface area contributed by atoms with E-state index in [1.54, 1.807) is 6.92 Å². The van der Waals surface area contributed by atoms with Crippen LogP contribution in [0.25, 0.3) is 5.65 Å². The van der Waals surface area contributed by atoms with Crippen LogP contribution in [0, 0.1) is 11.6 Å². The number of methoxy groups -OCH3 is 1. The maximum absolute atomic E-state index is 15.0. The molecule has 0 aliphatic heterocycles. The number of rotatable bonds is 6. The van der Waals surface area contributed by atoms with E-state index in [4.69, 9.17) is 4.74 Å². The van der Waals surface area contributed by atoms with Crippen LogP contribution in [-0.2, 0) is 12.0 Å². The van der Waals surface area contributed by atoms with Gasteiger partial charge in [-0.3, -0.25) is 0 Å². The Kier molecular flexibility index (Phi) is 5.40. The maximum atomic E-state index is 15.0. The van der Waals surface area contributed by atoms with Gasteiger partial charge in [0.05, 0.1) is 7.11 Å². The van der Waals surface area contributed by atoms with Crippen LogP contribution in [0.5, 0.6) is 5.75 Å². The minimum atomic E-state index is -2.27. The van der Waals surface area contributed by atoms with E-state index in [-0.39, 0.29) is 33.8 Å². The van der Waals surface area contributed by atoms with Gasteiger partial charge < -0.3 is 19.4 Å². The molecule has 0 radical (unpaired) electrons. The normalized spacial score (nSPS) is 11.7. The Labute approximate surface area is 182 Å². The summed E-state index contributed by atoms with van der Waals surface area (Å²) in [5, 5.41) is 21.6. The van der Waals surface area contributed by atoms with Crippen molar-refractivity contribution in [3.05, 3.63) is 101 Å². The summed E-state index contributed by atoms with van der Waals surface area (Å²) in [4.78, 5) is 16.2. The van der Waals surface area contributed by atoms with Crippen LogP contribution >= 0.6 is 0 Å². The first-order valence-electron chi connectivity index (χ1n) is 9.88. The number of aliphatic hydroxyl groups is 1. The van der Waals surface area contributed by atoms with Crippen molar-refractivity contribution >= 4 is 11.6 Å². The summed E-state index contributed by atoms with van der Waals surface area (Å²) >= 11 is 0. The molecule has 0 unspecified atom stereocenters. The molecule has 8 heteroatoms. The van der Waals surface area contributed by atoms with Gasteiger partial charge in [-0.25, -0.2) is 18.6 Å². The van der Waals surface area contributed by atoms with Gasteiger partial charge in [-0.05, 0) is 18.6 Å². The quantitative estimate of drug-likeness (QED) is 0.472. The molecule has 4 rings (SSSR count). The number of hydrogen-bond donors (Lipinski definition) is 2. The van der Waals surface area contributed by atoms with Gasteiger partial charge in [-0.1, -0.05) is 43.3 Å². The highest BCUT2D eigenvalue weighted by molar-refractivity contribution is 5.91. The Morgan fingerprint density at radius 3 is 2.12 bits per heavy atom. The topological polar surface area (TPSA) is 84.1 Å². The number of benzene rings is 2. The maximum Gasteiger partial charge on any atom is 0.341 e. The minimum absolute atomic E-state index is 0.000193. The Bertz CT molecular complexity index is 1290. The van der Waals surface area contributed by atoms with E-state index in [1.807, 2.05) is 0 Å². The monoisotopic (exact) mass is 438 g/mol. The molecular weight excluding hydrogens is 418 g/mol. The molecule has 0 atom stereocenters. The highest BCUT2D eigenvalue weighted by Gasteiger charge is 2.42. The third kappa shape index (κ3) is 3.20. The number of fused-ring (bicyclic) bond motifs is 1. The molecule has 0 saturated carbocycles. The fraction of sp³-hybridized carbons (Fsp3) is 0.167. The third-order valence-corrected chi connectivity index (χ3v) is 5.48. The zero-order chi connectivity index (χ0) is 23.0. The summed E-state index contributed by atoms with van der Waals surface area (Å²) in [6.07, 6.45) is 1.63. The highest BCUT2D eigenvalue weighted by Crippen LogP contribution is 2.41. The zero-order valence-electron chi connectivity index (χ0n) is 17.3. The van der Waals surface area contributed by atoms with Gasteiger partial charge in [0.2, 0.25) is 0 Å². The molecule has 2 heterocycles. The SMILES string of the molecule is CCc1c(C(O)(c2ccccc2F)c2ccccc2F)nc2cc(OC)c(C(=O)O)cn12. The van der Waals surface area contributed by atoms with Crippen LogP contribution in [0.2, 0.25) is 0 Å². The Balaban J connectivity index is 2.13. The van der Waals surface area contributed by atoms with Crippen molar-refractivity contribution in [1.29, 1.82) is 0 Å². The highest BCUT2D eigenvalue weighted by atomic mass is 19.1. The average molecular weight is 438 g/mol. The van der Waals surface area contributed by atoms with Crippen LogP contribution in [0.15, 0.2) is 60.8 Å². The van der Waals surface area contributed by atoms with Gasteiger partial charge in [0.15, 0.2) is 5.60 Å². The number of carboxylic acid groups (broad SMARTS) is 1. The number of carboxylic acids is 1. The number of pyridine rings is 1. The van der Waals surface area contributed by atoms with Crippen molar-refractivity contribution in [2.75, 3.05) is 7.11 Å². The van der Waals surface area contributed by atoms with Crippen LogP contribution in [-0.4, -0.2) is 32.7 Å². The lowest BCUT2D eigenvalue weighted by Gasteiger charge is -2.29. The second-order valence-corrected chi connectivity index (χ2v) is 7.22.